The zero-order valence-corrected chi connectivity index (χ0v) is 18.2. The number of ether oxygens (including phenoxy) is 4. The summed E-state index contributed by atoms with van der Waals surface area (Å²) in [5.41, 5.74) is 5.45. The summed E-state index contributed by atoms with van der Waals surface area (Å²) in [6, 6.07) is 0. The summed E-state index contributed by atoms with van der Waals surface area (Å²) >= 11 is 1.81. The first-order valence-electron chi connectivity index (χ1n) is 10.6. The predicted octanol–water partition coefficient (Wildman–Crippen LogP) is -1.45. The van der Waals surface area contributed by atoms with Crippen LogP contribution in [0.4, 0.5) is 0 Å². The van der Waals surface area contributed by atoms with Crippen LogP contribution in [0.3, 0.4) is 0 Å². The lowest BCUT2D eigenvalue weighted by atomic mass is 9.98. The number of rotatable bonds is 12. The number of thioether (sulfide) groups is 1. The van der Waals surface area contributed by atoms with Gasteiger partial charge in [-0.15, -0.1) is 0 Å². The topological polar surface area (TPSA) is 164 Å². The molecular weight excluding hydrogens is 418 g/mol. The lowest BCUT2D eigenvalue weighted by molar-refractivity contribution is -0.348. The molecule has 0 radical (unpaired) electrons. The summed E-state index contributed by atoms with van der Waals surface area (Å²) < 4.78 is 22.3. The van der Waals surface area contributed by atoms with E-state index in [0.717, 1.165) is 30.8 Å². The Kier molecular flexibility index (Phi) is 11.8. The maximum atomic E-state index is 10.6. The molecule has 0 aliphatic carbocycles. The number of aliphatic hydroxyl groups excluding tert-OH is 5. The van der Waals surface area contributed by atoms with Gasteiger partial charge in [0.05, 0.1) is 18.8 Å². The largest absolute Gasteiger partial charge is 0.394 e. The van der Waals surface area contributed by atoms with E-state index >= 15 is 0 Å². The molecule has 0 aromatic heterocycles. The van der Waals surface area contributed by atoms with Crippen LogP contribution in [0.2, 0.25) is 0 Å². The fraction of sp³-hybridized carbons (Fsp3) is 1.00. The van der Waals surface area contributed by atoms with Crippen LogP contribution in [0.5, 0.6) is 0 Å². The Balaban J connectivity index is 1.85. The highest BCUT2D eigenvalue weighted by Crippen LogP contribution is 2.29. The molecule has 0 saturated carbocycles. The quantitative estimate of drug-likeness (QED) is 0.191. The average molecular weight is 456 g/mol. The van der Waals surface area contributed by atoms with Gasteiger partial charge in [-0.3, -0.25) is 0 Å². The third-order valence-electron chi connectivity index (χ3n) is 5.28. The highest BCUT2D eigenvalue weighted by atomic mass is 32.2. The van der Waals surface area contributed by atoms with Crippen molar-refractivity contribution >= 4 is 11.8 Å². The van der Waals surface area contributed by atoms with E-state index in [2.05, 4.69) is 0 Å². The molecule has 2 rings (SSSR count). The van der Waals surface area contributed by atoms with Gasteiger partial charge >= 0.3 is 0 Å². The monoisotopic (exact) mass is 455 g/mol. The molecule has 0 aromatic rings. The summed E-state index contributed by atoms with van der Waals surface area (Å²) in [7, 11) is 0. The molecule has 0 spiro atoms. The maximum absolute atomic E-state index is 10.6. The Morgan fingerprint density at radius 3 is 2.43 bits per heavy atom. The van der Waals surface area contributed by atoms with E-state index in [9.17, 15) is 25.5 Å². The van der Waals surface area contributed by atoms with Gasteiger partial charge in [0.25, 0.3) is 0 Å². The third kappa shape index (κ3) is 7.52. The van der Waals surface area contributed by atoms with Crippen molar-refractivity contribution in [2.75, 3.05) is 31.3 Å². The zero-order valence-electron chi connectivity index (χ0n) is 17.4. The van der Waals surface area contributed by atoms with Gasteiger partial charge in [-0.1, -0.05) is 6.42 Å². The third-order valence-corrected chi connectivity index (χ3v) is 6.38. The van der Waals surface area contributed by atoms with E-state index in [-0.39, 0.29) is 6.42 Å². The molecule has 10 nitrogen and oxygen atoms in total. The predicted molar refractivity (Wildman–Crippen MR) is 110 cm³/mol. The molecule has 0 aromatic carbocycles. The van der Waals surface area contributed by atoms with Crippen LogP contribution >= 0.6 is 11.8 Å². The highest BCUT2D eigenvalue weighted by Gasteiger charge is 2.48. The van der Waals surface area contributed by atoms with E-state index in [4.69, 9.17) is 24.7 Å². The molecule has 7 N–H and O–H groups in total. The van der Waals surface area contributed by atoms with Gasteiger partial charge < -0.3 is 50.2 Å². The minimum atomic E-state index is -1.35. The fourth-order valence-corrected chi connectivity index (χ4v) is 4.22. The summed E-state index contributed by atoms with van der Waals surface area (Å²) in [5, 5.41) is 50.5. The number of hydrogen-bond donors (Lipinski definition) is 6. The van der Waals surface area contributed by atoms with Crippen molar-refractivity contribution in [2.24, 2.45) is 5.73 Å². The van der Waals surface area contributed by atoms with Gasteiger partial charge in [0.1, 0.15) is 30.5 Å². The first-order chi connectivity index (χ1) is 14.4. The van der Waals surface area contributed by atoms with Crippen molar-refractivity contribution in [2.45, 2.75) is 87.9 Å². The van der Waals surface area contributed by atoms with Crippen LogP contribution < -0.4 is 5.73 Å². The summed E-state index contributed by atoms with van der Waals surface area (Å²) in [5.74, 6) is 1.98. The Hall–Kier alpha value is -0.0500. The van der Waals surface area contributed by atoms with E-state index < -0.39 is 61.9 Å². The smallest absolute Gasteiger partial charge is 0.186 e. The van der Waals surface area contributed by atoms with Crippen LogP contribution in [0, 0.1) is 0 Å². The van der Waals surface area contributed by atoms with Crippen LogP contribution in [0.1, 0.15) is 32.6 Å². The minimum absolute atomic E-state index is 0.0498. The Labute approximate surface area is 181 Å². The van der Waals surface area contributed by atoms with E-state index in [0.29, 0.717) is 13.2 Å². The van der Waals surface area contributed by atoms with Crippen LogP contribution in [0.15, 0.2) is 0 Å². The second-order valence-corrected chi connectivity index (χ2v) is 8.94. The van der Waals surface area contributed by atoms with Crippen molar-refractivity contribution in [3.63, 3.8) is 0 Å². The van der Waals surface area contributed by atoms with E-state index in [1.807, 2.05) is 11.8 Å². The first-order valence-corrected chi connectivity index (χ1v) is 11.7. The van der Waals surface area contributed by atoms with Gasteiger partial charge in [0.15, 0.2) is 12.6 Å². The second kappa shape index (κ2) is 13.5. The molecule has 11 heteroatoms. The van der Waals surface area contributed by atoms with Crippen LogP contribution in [-0.2, 0) is 18.9 Å². The number of unbranched alkanes of at least 4 members (excludes halogenated alkanes) is 2. The van der Waals surface area contributed by atoms with Gasteiger partial charge in [0, 0.05) is 25.3 Å². The van der Waals surface area contributed by atoms with Gasteiger partial charge in [-0.25, -0.2) is 0 Å². The first kappa shape index (κ1) is 26.2. The number of nitrogens with two attached hydrogens (primary N) is 1. The molecule has 2 fully saturated rings. The Bertz CT molecular complexity index is 477. The summed E-state index contributed by atoms with van der Waals surface area (Å²) in [6.07, 6.45) is -6.85. The molecule has 0 amide bonds. The SMILES string of the molecule is C[C@H]1O[C@H](O[C@@H]2[C@H](O)[C@@H](OCCCCCSCCN)O[C@H](CO)[C@H]2O)[C@H](O)C[C@H]1O. The molecule has 2 saturated heterocycles. The zero-order chi connectivity index (χ0) is 22.1. The summed E-state index contributed by atoms with van der Waals surface area (Å²) in [6.45, 7) is 2.17. The van der Waals surface area contributed by atoms with Crippen molar-refractivity contribution in [1.29, 1.82) is 0 Å². The average Bonchev–Trinajstić information content (AvgIpc) is 2.72. The van der Waals surface area contributed by atoms with E-state index in [1.54, 1.807) is 6.92 Å². The molecule has 0 unspecified atom stereocenters. The lowest BCUT2D eigenvalue weighted by Gasteiger charge is -2.44. The number of aliphatic hydroxyl groups is 5. The van der Waals surface area contributed by atoms with Gasteiger partial charge in [-0.2, -0.15) is 11.8 Å². The lowest BCUT2D eigenvalue weighted by Crippen LogP contribution is -2.62. The molecule has 30 heavy (non-hydrogen) atoms. The minimum Gasteiger partial charge on any atom is -0.394 e. The van der Waals surface area contributed by atoms with Crippen LogP contribution in [0.25, 0.3) is 0 Å². The summed E-state index contributed by atoms with van der Waals surface area (Å²) in [4.78, 5) is 0. The molecule has 0 bridgehead atoms. The van der Waals surface area contributed by atoms with E-state index in [1.165, 1.54) is 0 Å². The second-order valence-electron chi connectivity index (χ2n) is 7.72. The molecule has 178 valence electrons. The van der Waals surface area contributed by atoms with Crippen molar-refractivity contribution in [3.8, 4) is 0 Å². The standard InChI is InChI=1S/C19H37NO9S/c1-11-12(22)9-13(23)18(27-11)29-17-15(24)14(10-21)28-19(16(17)25)26-6-3-2-4-7-30-8-5-20/h11-19,21-25H,2-10,20H2,1H3/t11-,12-,13-,14-,15-,16+,17+,18-,19+/m1/s1. The maximum Gasteiger partial charge on any atom is 0.186 e. The van der Waals surface area contributed by atoms with Crippen LogP contribution in [-0.4, -0.2) is 112 Å². The molecule has 2 aliphatic rings. The van der Waals surface area contributed by atoms with Crippen molar-refractivity contribution in [1.82, 2.24) is 0 Å². The van der Waals surface area contributed by atoms with Crippen molar-refractivity contribution in [3.05, 3.63) is 0 Å². The normalized spacial score (nSPS) is 39.9. The molecule has 2 aliphatic heterocycles. The Morgan fingerprint density at radius 2 is 1.73 bits per heavy atom. The Morgan fingerprint density at radius 1 is 0.967 bits per heavy atom. The molecule has 9 atom stereocenters. The molecular formula is C19H37NO9S. The number of hydrogen-bond acceptors (Lipinski definition) is 11. The highest BCUT2D eigenvalue weighted by molar-refractivity contribution is 7.99. The fourth-order valence-electron chi connectivity index (χ4n) is 3.44. The molecule has 2 heterocycles. The van der Waals surface area contributed by atoms with Gasteiger partial charge in [0.2, 0.25) is 0 Å². The van der Waals surface area contributed by atoms with Gasteiger partial charge in [-0.05, 0) is 25.5 Å². The van der Waals surface area contributed by atoms with Crippen molar-refractivity contribution < 1.29 is 44.5 Å².